The van der Waals surface area contributed by atoms with Gasteiger partial charge in [0.15, 0.2) is 5.69 Å². The number of amides is 1. The zero-order chi connectivity index (χ0) is 20.2. The lowest BCUT2D eigenvalue weighted by Crippen LogP contribution is -2.36. The maximum Gasteiger partial charge on any atom is 0.276 e. The first kappa shape index (κ1) is 19.5. The van der Waals surface area contributed by atoms with Gasteiger partial charge in [-0.05, 0) is 44.9 Å². The number of likely N-dealkylation sites (tertiary alicyclic amines) is 1. The van der Waals surface area contributed by atoms with Crippen LogP contribution in [0.15, 0.2) is 42.7 Å². The van der Waals surface area contributed by atoms with Crippen molar-refractivity contribution in [1.29, 1.82) is 0 Å². The minimum Gasteiger partial charge on any atom is -0.338 e. The molecule has 1 aliphatic rings. The molecule has 1 aliphatic heterocycles. The van der Waals surface area contributed by atoms with Gasteiger partial charge in [-0.15, -0.1) is 5.10 Å². The molecule has 0 aliphatic carbocycles. The number of carbonyl (C=O) groups is 1. The molecule has 1 aromatic carbocycles. The Kier molecular flexibility index (Phi) is 5.85. The summed E-state index contributed by atoms with van der Waals surface area (Å²) in [6.45, 7) is 8.13. The molecule has 2 aromatic heterocycles. The van der Waals surface area contributed by atoms with Crippen LogP contribution >= 0.6 is 0 Å². The van der Waals surface area contributed by atoms with Crippen molar-refractivity contribution in [2.45, 2.75) is 39.3 Å². The molecule has 152 valence electrons. The Hall–Kier alpha value is -2.80. The van der Waals surface area contributed by atoms with E-state index in [0.717, 1.165) is 38.0 Å². The number of piperidine rings is 1. The summed E-state index contributed by atoms with van der Waals surface area (Å²) in [5, 5.41) is 9.61. The van der Waals surface area contributed by atoms with Gasteiger partial charge in [0.05, 0.1) is 17.8 Å². The lowest BCUT2D eigenvalue weighted by molar-refractivity contribution is 0.0767. The largest absolute Gasteiger partial charge is 0.338 e. The molecule has 29 heavy (non-hydrogen) atoms. The van der Waals surface area contributed by atoms with Gasteiger partial charge in [0, 0.05) is 37.8 Å². The molecule has 1 fully saturated rings. The smallest absolute Gasteiger partial charge is 0.276 e. The number of hydrogen-bond acceptors (Lipinski definition) is 5. The van der Waals surface area contributed by atoms with E-state index in [9.17, 15) is 4.79 Å². The highest BCUT2D eigenvalue weighted by atomic mass is 16.2. The van der Waals surface area contributed by atoms with E-state index < -0.39 is 0 Å². The Balaban J connectivity index is 1.47. The van der Waals surface area contributed by atoms with E-state index in [1.54, 1.807) is 4.90 Å². The predicted octanol–water partition coefficient (Wildman–Crippen LogP) is 3.15. The number of pyridine rings is 1. The molecule has 3 aromatic rings. The summed E-state index contributed by atoms with van der Waals surface area (Å²) in [5.41, 5.74) is 2.76. The van der Waals surface area contributed by atoms with Gasteiger partial charge in [0.25, 0.3) is 5.91 Å². The fourth-order valence-electron chi connectivity index (χ4n) is 4.15. The van der Waals surface area contributed by atoms with Gasteiger partial charge in [-0.2, -0.15) is 0 Å². The van der Waals surface area contributed by atoms with Crippen LogP contribution in [0.4, 0.5) is 0 Å². The minimum atomic E-state index is -0.0456. The first-order chi connectivity index (χ1) is 14.2. The third-order valence-corrected chi connectivity index (χ3v) is 5.75. The van der Waals surface area contributed by atoms with Gasteiger partial charge in [-0.25, -0.2) is 4.68 Å². The van der Waals surface area contributed by atoms with Crippen molar-refractivity contribution in [2.75, 3.05) is 26.2 Å². The fourth-order valence-corrected chi connectivity index (χ4v) is 4.15. The van der Waals surface area contributed by atoms with Crippen LogP contribution in [-0.2, 0) is 6.54 Å². The van der Waals surface area contributed by atoms with Crippen molar-refractivity contribution in [1.82, 2.24) is 29.8 Å². The van der Waals surface area contributed by atoms with E-state index in [1.165, 1.54) is 10.9 Å². The zero-order valence-electron chi connectivity index (χ0n) is 17.2. The summed E-state index contributed by atoms with van der Waals surface area (Å²) in [6, 6.07) is 10.7. The highest BCUT2D eigenvalue weighted by Crippen LogP contribution is 2.24. The molecule has 0 bridgehead atoms. The average Bonchev–Trinajstić information content (AvgIpc) is 3.25. The van der Waals surface area contributed by atoms with Crippen molar-refractivity contribution in [2.24, 2.45) is 0 Å². The fraction of sp³-hybridized carbons (Fsp3) is 0.455. The molecule has 4 rings (SSSR count). The zero-order valence-corrected chi connectivity index (χ0v) is 17.2. The summed E-state index contributed by atoms with van der Waals surface area (Å²) < 4.78 is 1.88. The van der Waals surface area contributed by atoms with Crippen LogP contribution in [0.3, 0.4) is 0 Å². The van der Waals surface area contributed by atoms with Crippen LogP contribution in [0.2, 0.25) is 0 Å². The highest BCUT2D eigenvalue weighted by molar-refractivity contribution is 5.91. The van der Waals surface area contributed by atoms with Crippen molar-refractivity contribution in [3.8, 4) is 0 Å². The maximum absolute atomic E-state index is 12.5. The number of nitrogens with zero attached hydrogens (tertiary/aromatic N) is 6. The molecule has 0 saturated carbocycles. The maximum atomic E-state index is 12.5. The Labute approximate surface area is 171 Å². The molecule has 0 spiro atoms. The average molecular weight is 393 g/mol. The van der Waals surface area contributed by atoms with Crippen LogP contribution < -0.4 is 0 Å². The van der Waals surface area contributed by atoms with Gasteiger partial charge in [0.2, 0.25) is 0 Å². The quantitative estimate of drug-likeness (QED) is 0.645. The third kappa shape index (κ3) is 4.15. The lowest BCUT2D eigenvalue weighted by Gasteiger charge is -2.32. The summed E-state index contributed by atoms with van der Waals surface area (Å²) in [4.78, 5) is 21.3. The Morgan fingerprint density at radius 3 is 2.86 bits per heavy atom. The number of fused-ring (bicyclic) bond motifs is 1. The van der Waals surface area contributed by atoms with Gasteiger partial charge < -0.3 is 4.90 Å². The molecule has 7 nitrogen and oxygen atoms in total. The molecule has 1 unspecified atom stereocenters. The van der Waals surface area contributed by atoms with Crippen molar-refractivity contribution in [3.63, 3.8) is 0 Å². The standard InChI is InChI=1S/C22H28N6O/c1-3-27(4-2)22(29)20-16-28(25-24-20)19-11-7-13-26(15-19)14-18-9-5-8-17-10-6-12-23-21(17)18/h5-6,8-10,12,16,19H,3-4,7,11,13-15H2,1-2H3. The van der Waals surface area contributed by atoms with Crippen molar-refractivity contribution < 1.29 is 4.79 Å². The molecule has 1 atom stereocenters. The Morgan fingerprint density at radius 1 is 1.21 bits per heavy atom. The number of benzene rings is 1. The van der Waals surface area contributed by atoms with E-state index in [0.29, 0.717) is 18.8 Å². The van der Waals surface area contributed by atoms with Crippen LogP contribution in [0.25, 0.3) is 10.9 Å². The first-order valence-electron chi connectivity index (χ1n) is 10.5. The van der Waals surface area contributed by atoms with E-state index in [1.807, 2.05) is 37.0 Å². The van der Waals surface area contributed by atoms with Gasteiger partial charge in [-0.3, -0.25) is 14.7 Å². The third-order valence-electron chi connectivity index (χ3n) is 5.75. The van der Waals surface area contributed by atoms with Gasteiger partial charge >= 0.3 is 0 Å². The molecular weight excluding hydrogens is 364 g/mol. The second kappa shape index (κ2) is 8.69. The summed E-state index contributed by atoms with van der Waals surface area (Å²) in [5.74, 6) is -0.0456. The number of carbonyl (C=O) groups excluding carboxylic acids is 1. The monoisotopic (exact) mass is 392 g/mol. The van der Waals surface area contributed by atoms with E-state index >= 15 is 0 Å². The molecule has 1 saturated heterocycles. The molecule has 3 heterocycles. The van der Waals surface area contributed by atoms with E-state index in [4.69, 9.17) is 0 Å². The van der Waals surface area contributed by atoms with Gasteiger partial charge in [0.1, 0.15) is 0 Å². The highest BCUT2D eigenvalue weighted by Gasteiger charge is 2.25. The topological polar surface area (TPSA) is 67.2 Å². The van der Waals surface area contributed by atoms with Crippen LogP contribution in [0.5, 0.6) is 0 Å². The van der Waals surface area contributed by atoms with E-state index in [2.05, 4.69) is 44.5 Å². The number of hydrogen-bond donors (Lipinski definition) is 0. The van der Waals surface area contributed by atoms with Crippen molar-refractivity contribution >= 4 is 16.8 Å². The molecular formula is C22H28N6O. The number of rotatable bonds is 6. The Bertz CT molecular complexity index is 975. The number of aromatic nitrogens is 4. The van der Waals surface area contributed by atoms with Crippen LogP contribution in [0, 0.1) is 0 Å². The summed E-state index contributed by atoms with van der Waals surface area (Å²) >= 11 is 0. The molecule has 7 heteroatoms. The SMILES string of the molecule is CCN(CC)C(=O)c1cn(C2CCCN(Cc3cccc4cccnc34)C2)nn1. The number of para-hydroxylation sites is 1. The second-order valence-electron chi connectivity index (χ2n) is 7.58. The Morgan fingerprint density at radius 2 is 2.03 bits per heavy atom. The van der Waals surface area contributed by atoms with Crippen molar-refractivity contribution in [3.05, 3.63) is 54.0 Å². The van der Waals surface area contributed by atoms with Gasteiger partial charge in [-0.1, -0.05) is 29.5 Å². The summed E-state index contributed by atoms with van der Waals surface area (Å²) in [7, 11) is 0. The van der Waals surface area contributed by atoms with E-state index in [-0.39, 0.29) is 11.9 Å². The first-order valence-corrected chi connectivity index (χ1v) is 10.5. The predicted molar refractivity (Wildman–Crippen MR) is 113 cm³/mol. The molecule has 0 radical (unpaired) electrons. The lowest BCUT2D eigenvalue weighted by atomic mass is 10.0. The normalized spacial score (nSPS) is 17.5. The molecule has 1 amide bonds. The van der Waals surface area contributed by atoms with Crippen LogP contribution in [0.1, 0.15) is 48.8 Å². The molecule has 0 N–H and O–H groups in total. The van der Waals surface area contributed by atoms with Crippen LogP contribution in [-0.4, -0.2) is 61.9 Å². The second-order valence-corrected chi connectivity index (χ2v) is 7.58. The summed E-state index contributed by atoms with van der Waals surface area (Å²) in [6.07, 6.45) is 5.82. The minimum absolute atomic E-state index is 0.0456.